The number of benzene rings is 1. The van der Waals surface area contributed by atoms with Gasteiger partial charge in [0.25, 0.3) is 5.56 Å². The van der Waals surface area contributed by atoms with Crippen LogP contribution in [0.25, 0.3) is 11.3 Å². The summed E-state index contributed by atoms with van der Waals surface area (Å²) in [6, 6.07) is 3.16. The van der Waals surface area contributed by atoms with Gasteiger partial charge in [0.05, 0.1) is 34.0 Å². The topological polar surface area (TPSA) is 98.2 Å². The Hall–Kier alpha value is -2.05. The smallest absolute Gasteiger partial charge is 0.305 e. The molecule has 1 aromatic carbocycles. The number of nitrogen functional groups attached to an aromatic ring is 1. The van der Waals surface area contributed by atoms with Gasteiger partial charge in [-0.15, -0.1) is 0 Å². The van der Waals surface area contributed by atoms with Gasteiger partial charge in [0, 0.05) is 18.3 Å². The molecule has 6 nitrogen and oxygen atoms in total. The summed E-state index contributed by atoms with van der Waals surface area (Å²) in [7, 11) is 0. The van der Waals surface area contributed by atoms with Crippen molar-refractivity contribution in [3.63, 3.8) is 0 Å². The molecule has 0 fully saturated rings. The average molecular weight is 328 g/mol. The van der Waals surface area contributed by atoms with Gasteiger partial charge in [0.1, 0.15) is 0 Å². The molecule has 0 bridgehead atoms. The van der Waals surface area contributed by atoms with Gasteiger partial charge < -0.3 is 15.4 Å². The molecule has 0 aliphatic carbocycles. The van der Waals surface area contributed by atoms with Crippen LogP contribution < -0.4 is 11.3 Å². The summed E-state index contributed by atoms with van der Waals surface area (Å²) in [5.74, 6) is -0.987. The van der Waals surface area contributed by atoms with Crippen molar-refractivity contribution in [3.8, 4) is 11.3 Å². The fraction of sp³-hybridized carbons (Fsp3) is 0.154. The van der Waals surface area contributed by atoms with E-state index in [2.05, 4.69) is 4.98 Å². The van der Waals surface area contributed by atoms with Gasteiger partial charge >= 0.3 is 5.97 Å². The highest BCUT2D eigenvalue weighted by atomic mass is 35.5. The molecule has 0 unspecified atom stereocenters. The molecule has 110 valence electrons. The summed E-state index contributed by atoms with van der Waals surface area (Å²) in [6.07, 6.45) is 2.42. The number of carbonyl (C=O) groups is 1. The summed E-state index contributed by atoms with van der Waals surface area (Å²) in [5, 5.41) is 9.24. The number of halogens is 2. The molecule has 0 spiro atoms. The lowest BCUT2D eigenvalue weighted by molar-refractivity contribution is -0.137. The predicted molar refractivity (Wildman–Crippen MR) is 80.6 cm³/mol. The van der Waals surface area contributed by atoms with Gasteiger partial charge in [-0.1, -0.05) is 23.2 Å². The number of carboxylic acid groups (broad SMARTS) is 1. The first-order valence-corrected chi connectivity index (χ1v) is 6.67. The lowest BCUT2D eigenvalue weighted by Gasteiger charge is -2.08. The van der Waals surface area contributed by atoms with Crippen molar-refractivity contribution in [3.05, 3.63) is 44.9 Å². The largest absolute Gasteiger partial charge is 0.481 e. The highest BCUT2D eigenvalue weighted by molar-refractivity contribution is 6.39. The Kier molecular flexibility index (Phi) is 4.50. The van der Waals surface area contributed by atoms with E-state index in [-0.39, 0.29) is 34.3 Å². The quantitative estimate of drug-likeness (QED) is 0.839. The Morgan fingerprint density at radius 3 is 2.52 bits per heavy atom. The number of aromatic nitrogens is 2. The monoisotopic (exact) mass is 327 g/mol. The van der Waals surface area contributed by atoms with Crippen molar-refractivity contribution in [2.75, 3.05) is 5.73 Å². The predicted octanol–water partition coefficient (Wildman–Crippen LogP) is 2.27. The average Bonchev–Trinajstić information content (AvgIpc) is 2.43. The molecule has 8 heteroatoms. The van der Waals surface area contributed by atoms with Crippen LogP contribution in [0.15, 0.2) is 29.3 Å². The normalized spacial score (nSPS) is 10.6. The van der Waals surface area contributed by atoms with Crippen molar-refractivity contribution in [1.82, 2.24) is 9.55 Å². The number of nitrogens with zero attached hydrogens (tertiary/aromatic N) is 2. The zero-order valence-corrected chi connectivity index (χ0v) is 12.2. The molecule has 0 atom stereocenters. The third-order valence-electron chi connectivity index (χ3n) is 2.82. The molecule has 0 aliphatic heterocycles. The molecule has 21 heavy (non-hydrogen) atoms. The first-order valence-electron chi connectivity index (χ1n) is 5.91. The Morgan fingerprint density at radius 2 is 1.95 bits per heavy atom. The van der Waals surface area contributed by atoms with Crippen LogP contribution in [-0.2, 0) is 11.3 Å². The van der Waals surface area contributed by atoms with E-state index in [0.29, 0.717) is 11.3 Å². The maximum absolute atomic E-state index is 11.6. The van der Waals surface area contributed by atoms with Gasteiger partial charge in [0.2, 0.25) is 0 Å². The Labute approximate surface area is 129 Å². The molecule has 1 heterocycles. The van der Waals surface area contributed by atoms with Crippen LogP contribution in [0.5, 0.6) is 0 Å². The minimum atomic E-state index is -0.987. The third kappa shape index (κ3) is 3.53. The number of anilines is 1. The summed E-state index contributed by atoms with van der Waals surface area (Å²) in [5.41, 5.74) is 6.58. The molecular formula is C13H11Cl2N3O3. The minimum Gasteiger partial charge on any atom is -0.481 e. The van der Waals surface area contributed by atoms with Crippen molar-refractivity contribution in [1.29, 1.82) is 0 Å². The van der Waals surface area contributed by atoms with E-state index < -0.39 is 5.97 Å². The summed E-state index contributed by atoms with van der Waals surface area (Å²) >= 11 is 11.9. The summed E-state index contributed by atoms with van der Waals surface area (Å²) in [4.78, 5) is 26.2. The van der Waals surface area contributed by atoms with E-state index in [1.165, 1.54) is 10.8 Å². The van der Waals surface area contributed by atoms with Crippen molar-refractivity contribution >= 4 is 34.9 Å². The molecule has 2 rings (SSSR count). The maximum atomic E-state index is 11.6. The molecule has 0 radical (unpaired) electrons. The molecule has 3 N–H and O–H groups in total. The highest BCUT2D eigenvalue weighted by Crippen LogP contribution is 2.32. The van der Waals surface area contributed by atoms with E-state index in [1.54, 1.807) is 12.1 Å². The standard InChI is InChI=1S/C13H11Cl2N3O3/c14-8-3-7(4-9(15)13(8)16)10-6-18(2-1-12(20)21)11(19)5-17-10/h3-6H,1-2,16H2,(H,20,21). The van der Waals surface area contributed by atoms with Crippen molar-refractivity contribution in [2.45, 2.75) is 13.0 Å². The van der Waals surface area contributed by atoms with Crippen LogP contribution >= 0.6 is 23.2 Å². The van der Waals surface area contributed by atoms with Crippen molar-refractivity contribution < 1.29 is 9.90 Å². The molecule has 2 aromatic rings. The number of hydrogen-bond acceptors (Lipinski definition) is 4. The second kappa shape index (κ2) is 6.15. The van der Waals surface area contributed by atoms with Crippen LogP contribution in [0.3, 0.4) is 0 Å². The molecular weight excluding hydrogens is 317 g/mol. The van der Waals surface area contributed by atoms with Crippen LogP contribution in [0.4, 0.5) is 5.69 Å². The Morgan fingerprint density at radius 1 is 1.33 bits per heavy atom. The number of aryl methyl sites for hydroxylation is 1. The number of aliphatic carboxylic acids is 1. The number of carboxylic acids is 1. The molecule has 0 aliphatic rings. The van der Waals surface area contributed by atoms with Crippen LogP contribution in [0, 0.1) is 0 Å². The summed E-state index contributed by atoms with van der Waals surface area (Å²) < 4.78 is 1.27. The third-order valence-corrected chi connectivity index (χ3v) is 3.44. The van der Waals surface area contributed by atoms with Crippen LogP contribution in [0.2, 0.25) is 10.0 Å². The van der Waals surface area contributed by atoms with Gasteiger partial charge in [-0.25, -0.2) is 4.98 Å². The van der Waals surface area contributed by atoms with E-state index in [0.717, 1.165) is 6.20 Å². The Balaban J connectivity index is 2.43. The lowest BCUT2D eigenvalue weighted by atomic mass is 10.1. The zero-order valence-electron chi connectivity index (χ0n) is 10.7. The van der Waals surface area contributed by atoms with Gasteiger partial charge in [-0.05, 0) is 12.1 Å². The highest BCUT2D eigenvalue weighted by Gasteiger charge is 2.09. The number of nitrogens with two attached hydrogens (primary N) is 1. The lowest BCUT2D eigenvalue weighted by Crippen LogP contribution is -2.21. The van der Waals surface area contributed by atoms with Gasteiger partial charge in [-0.3, -0.25) is 9.59 Å². The Bertz CT molecular complexity index is 736. The molecule has 0 saturated carbocycles. The SMILES string of the molecule is Nc1c(Cl)cc(-c2cn(CCC(=O)O)c(=O)cn2)cc1Cl. The number of rotatable bonds is 4. The maximum Gasteiger partial charge on any atom is 0.305 e. The van der Waals surface area contributed by atoms with E-state index in [9.17, 15) is 9.59 Å². The van der Waals surface area contributed by atoms with E-state index >= 15 is 0 Å². The molecule has 0 saturated heterocycles. The molecule has 0 amide bonds. The summed E-state index contributed by atoms with van der Waals surface area (Å²) in [6.45, 7) is 0.0557. The van der Waals surface area contributed by atoms with Crippen LogP contribution in [-0.4, -0.2) is 20.6 Å². The second-order valence-corrected chi connectivity index (χ2v) is 5.12. The number of hydrogen-bond donors (Lipinski definition) is 2. The molecule has 1 aromatic heterocycles. The minimum absolute atomic E-state index is 0.0557. The zero-order chi connectivity index (χ0) is 15.6. The fourth-order valence-electron chi connectivity index (χ4n) is 1.72. The first kappa shape index (κ1) is 15.3. The van der Waals surface area contributed by atoms with E-state index in [4.69, 9.17) is 34.0 Å². The second-order valence-electron chi connectivity index (χ2n) is 4.30. The van der Waals surface area contributed by atoms with Gasteiger partial charge in [0.15, 0.2) is 0 Å². The van der Waals surface area contributed by atoms with Crippen LogP contribution in [0.1, 0.15) is 6.42 Å². The first-order chi connectivity index (χ1) is 9.88. The van der Waals surface area contributed by atoms with E-state index in [1.807, 2.05) is 0 Å². The van der Waals surface area contributed by atoms with Crippen molar-refractivity contribution in [2.24, 2.45) is 0 Å². The van der Waals surface area contributed by atoms with Gasteiger partial charge in [-0.2, -0.15) is 0 Å². The fourth-order valence-corrected chi connectivity index (χ4v) is 2.20.